The van der Waals surface area contributed by atoms with Gasteiger partial charge in [0.2, 0.25) is 0 Å². The molecule has 1 aromatic heterocycles. The number of rotatable bonds is 2. The van der Waals surface area contributed by atoms with Gasteiger partial charge < -0.3 is 24.1 Å². The van der Waals surface area contributed by atoms with Crippen LogP contribution in [-0.4, -0.2) is 45.7 Å². The lowest BCUT2D eigenvalue weighted by Crippen LogP contribution is -2.62. The second-order valence-corrected chi connectivity index (χ2v) is 11.1. The molecule has 32 heavy (non-hydrogen) atoms. The maximum Gasteiger partial charge on any atom is 0.335 e. The highest BCUT2D eigenvalue weighted by molar-refractivity contribution is 5.66. The highest BCUT2D eigenvalue weighted by Gasteiger charge is 2.85. The predicted molar refractivity (Wildman–Crippen MR) is 113 cm³/mol. The summed E-state index contributed by atoms with van der Waals surface area (Å²) in [4.78, 5) is 23.6. The van der Waals surface area contributed by atoms with E-state index in [4.69, 9.17) is 13.9 Å². The number of fused-ring (bicyclic) bond motifs is 3. The molecular weight excluding hydrogens is 412 g/mol. The molecule has 1 saturated heterocycles. The Labute approximate surface area is 187 Å². The van der Waals surface area contributed by atoms with Crippen LogP contribution in [0.15, 0.2) is 27.6 Å². The Balaban J connectivity index is 1.41. The standard InChI is InChI=1S/C25H32O7/c1-13(26)31-21-20(14-3-6-19(28)30-12-14)23(2)9-8-17-18(25(23)22(21)32-25)5-4-15-11-16(27)7-10-24(15,17)29/h3,6,12,15-18,20-22,27,29H,4-5,7-11H2,1-2H3/t15-,16+,17+,18-,20+,21-,22-,23-,24-,25-/m1/s1. The van der Waals surface area contributed by atoms with Crippen LogP contribution in [0.4, 0.5) is 0 Å². The summed E-state index contributed by atoms with van der Waals surface area (Å²) in [5.41, 5.74) is -1.05. The normalized spacial score (nSPS) is 51.1. The van der Waals surface area contributed by atoms with Crippen molar-refractivity contribution < 1.29 is 28.9 Å². The maximum atomic E-state index is 12.0. The van der Waals surface area contributed by atoms with Gasteiger partial charge in [0.1, 0.15) is 17.8 Å². The van der Waals surface area contributed by atoms with Gasteiger partial charge in [0.05, 0.1) is 18.0 Å². The number of ether oxygens (including phenoxy) is 2. The van der Waals surface area contributed by atoms with Crippen molar-refractivity contribution in [3.8, 4) is 0 Å². The smallest absolute Gasteiger partial charge is 0.335 e. The minimum atomic E-state index is -0.761. The first kappa shape index (κ1) is 20.9. The molecule has 5 fully saturated rings. The highest BCUT2D eigenvalue weighted by Crippen LogP contribution is 2.77. The van der Waals surface area contributed by atoms with Crippen LogP contribution in [-0.2, 0) is 14.3 Å². The Bertz CT molecular complexity index is 984. The number of aliphatic hydroxyl groups is 2. The van der Waals surface area contributed by atoms with Crippen molar-refractivity contribution in [2.45, 2.75) is 94.2 Å². The SMILES string of the molecule is CC(=O)O[C@H]1[C@H]2O[C@]23[C@@H]2CC[C@@H]4C[C@@H](O)CC[C@]4(O)[C@H]2CC[C@]3(C)[C@H]1c1ccc(=O)oc1. The van der Waals surface area contributed by atoms with E-state index < -0.39 is 22.9 Å². The molecule has 0 bridgehead atoms. The van der Waals surface area contributed by atoms with Gasteiger partial charge in [0.15, 0.2) is 0 Å². The van der Waals surface area contributed by atoms with Crippen LogP contribution in [0.3, 0.4) is 0 Å². The molecule has 1 spiro atoms. The summed E-state index contributed by atoms with van der Waals surface area (Å²) in [6.45, 7) is 3.65. The van der Waals surface area contributed by atoms with Crippen molar-refractivity contribution in [1.29, 1.82) is 0 Å². The Morgan fingerprint density at radius 2 is 1.97 bits per heavy atom. The van der Waals surface area contributed by atoms with Crippen LogP contribution < -0.4 is 5.63 Å². The van der Waals surface area contributed by atoms with Gasteiger partial charge in [-0.3, -0.25) is 4.79 Å². The zero-order valence-corrected chi connectivity index (χ0v) is 18.7. The van der Waals surface area contributed by atoms with Crippen molar-refractivity contribution in [2.24, 2.45) is 23.2 Å². The van der Waals surface area contributed by atoms with Crippen molar-refractivity contribution in [3.63, 3.8) is 0 Å². The summed E-state index contributed by atoms with van der Waals surface area (Å²) >= 11 is 0. The lowest BCUT2D eigenvalue weighted by molar-refractivity contribution is -0.196. The van der Waals surface area contributed by atoms with Gasteiger partial charge in [-0.1, -0.05) is 6.92 Å². The first-order chi connectivity index (χ1) is 15.2. The molecule has 2 N–H and O–H groups in total. The Kier molecular flexibility index (Phi) is 4.35. The fraction of sp³-hybridized carbons (Fsp3) is 0.760. The van der Waals surface area contributed by atoms with Crippen molar-refractivity contribution in [2.75, 3.05) is 0 Å². The molecule has 7 nitrogen and oxygen atoms in total. The van der Waals surface area contributed by atoms with Gasteiger partial charge in [0.25, 0.3) is 0 Å². The molecule has 4 saturated carbocycles. The minimum Gasteiger partial charge on any atom is -0.459 e. The second-order valence-electron chi connectivity index (χ2n) is 11.1. The molecule has 0 aromatic carbocycles. The summed E-state index contributed by atoms with van der Waals surface area (Å²) in [5.74, 6) is -0.0319. The van der Waals surface area contributed by atoms with Gasteiger partial charge in [-0.05, 0) is 74.3 Å². The maximum absolute atomic E-state index is 12.0. The molecule has 10 atom stereocenters. The van der Waals surface area contributed by atoms with Gasteiger partial charge in [-0.25, -0.2) is 4.79 Å². The van der Waals surface area contributed by atoms with Crippen molar-refractivity contribution in [1.82, 2.24) is 0 Å². The fourth-order valence-electron chi connectivity index (χ4n) is 8.68. The van der Waals surface area contributed by atoms with Crippen LogP contribution in [0.1, 0.15) is 70.3 Å². The third-order valence-corrected chi connectivity index (χ3v) is 9.90. The molecule has 1 aromatic rings. The molecule has 0 amide bonds. The third-order valence-electron chi connectivity index (χ3n) is 9.90. The van der Waals surface area contributed by atoms with E-state index in [0.29, 0.717) is 19.3 Å². The second kappa shape index (κ2) is 6.67. The molecular formula is C25H32O7. The van der Waals surface area contributed by atoms with Gasteiger partial charge >= 0.3 is 11.6 Å². The number of epoxide rings is 1. The summed E-state index contributed by atoms with van der Waals surface area (Å²) in [5, 5.41) is 22.1. The highest BCUT2D eigenvalue weighted by atomic mass is 16.7. The largest absolute Gasteiger partial charge is 0.459 e. The molecule has 6 rings (SSSR count). The zero-order chi connectivity index (χ0) is 22.5. The van der Waals surface area contributed by atoms with E-state index in [1.807, 2.05) is 0 Å². The van der Waals surface area contributed by atoms with E-state index in [1.165, 1.54) is 19.3 Å². The summed E-state index contributed by atoms with van der Waals surface area (Å²) in [6.07, 6.45) is 6.04. The number of aliphatic hydroxyl groups excluding tert-OH is 1. The fourth-order valence-corrected chi connectivity index (χ4v) is 8.68. The van der Waals surface area contributed by atoms with E-state index in [0.717, 1.165) is 31.2 Å². The van der Waals surface area contributed by atoms with Gasteiger partial charge in [-0.15, -0.1) is 0 Å². The third kappa shape index (κ3) is 2.53. The van der Waals surface area contributed by atoms with E-state index in [-0.39, 0.29) is 47.3 Å². The molecule has 7 heteroatoms. The summed E-state index contributed by atoms with van der Waals surface area (Å²) < 4.78 is 17.6. The van der Waals surface area contributed by atoms with Crippen LogP contribution in [0, 0.1) is 23.2 Å². The average Bonchev–Trinajstić information content (AvgIpc) is 3.44. The molecule has 174 valence electrons. The Hall–Kier alpha value is -1.70. The molecule has 1 aliphatic heterocycles. The average molecular weight is 445 g/mol. The van der Waals surface area contributed by atoms with E-state index in [2.05, 4.69) is 6.92 Å². The number of carbonyl (C=O) groups excluding carboxylic acids is 1. The van der Waals surface area contributed by atoms with Crippen LogP contribution in [0.5, 0.6) is 0 Å². The monoisotopic (exact) mass is 444 g/mol. The lowest BCUT2D eigenvalue weighted by Gasteiger charge is -2.59. The quantitative estimate of drug-likeness (QED) is 0.533. The van der Waals surface area contributed by atoms with E-state index in [1.54, 1.807) is 6.07 Å². The van der Waals surface area contributed by atoms with E-state index >= 15 is 0 Å². The summed E-state index contributed by atoms with van der Waals surface area (Å²) in [6, 6.07) is 3.21. The molecule has 2 heterocycles. The summed E-state index contributed by atoms with van der Waals surface area (Å²) in [7, 11) is 0. The van der Waals surface area contributed by atoms with Crippen molar-refractivity contribution >= 4 is 5.97 Å². The van der Waals surface area contributed by atoms with Crippen molar-refractivity contribution in [3.05, 3.63) is 34.4 Å². The first-order valence-corrected chi connectivity index (χ1v) is 12.0. The molecule has 0 unspecified atom stereocenters. The van der Waals surface area contributed by atoms with E-state index in [9.17, 15) is 19.8 Å². The number of hydrogen-bond donors (Lipinski definition) is 2. The Morgan fingerprint density at radius 1 is 1.16 bits per heavy atom. The number of esters is 1. The van der Waals surface area contributed by atoms with Crippen LogP contribution >= 0.6 is 0 Å². The molecule has 0 radical (unpaired) electrons. The topological polar surface area (TPSA) is 110 Å². The molecule has 5 aliphatic rings. The molecule has 4 aliphatic carbocycles. The zero-order valence-electron chi connectivity index (χ0n) is 18.7. The minimum absolute atomic E-state index is 0.122. The van der Waals surface area contributed by atoms with Gasteiger partial charge in [0, 0.05) is 24.3 Å². The van der Waals surface area contributed by atoms with Crippen LogP contribution in [0.2, 0.25) is 0 Å². The van der Waals surface area contributed by atoms with Gasteiger partial charge in [-0.2, -0.15) is 0 Å². The predicted octanol–water partition coefficient (Wildman–Crippen LogP) is 2.52. The first-order valence-electron chi connectivity index (χ1n) is 12.0. The number of hydrogen-bond acceptors (Lipinski definition) is 7. The number of carbonyl (C=O) groups is 1. The van der Waals surface area contributed by atoms with Crippen LogP contribution in [0.25, 0.3) is 0 Å². The Morgan fingerprint density at radius 3 is 2.69 bits per heavy atom. The lowest BCUT2D eigenvalue weighted by atomic mass is 9.47.